The highest BCUT2D eigenvalue weighted by Crippen LogP contribution is 2.38. The molecule has 3 aromatic carbocycles. The first-order chi connectivity index (χ1) is 21.2. The SMILES string of the molecule is CCOC(=O)C1=C(c2ccccc2)N=c2s/c(=C\c3cc(Br)c(OC(C)C)c(OC)c3)c(=O)n2[C@@H]1c1ccc(OCC)cc1. The lowest BCUT2D eigenvalue weighted by Gasteiger charge is -2.26. The Morgan fingerprint density at radius 1 is 1.07 bits per heavy atom. The summed E-state index contributed by atoms with van der Waals surface area (Å²) in [6, 6.07) is 19.8. The number of fused-ring (bicyclic) bond motifs is 1. The molecular weight excluding hydrogens is 644 g/mol. The van der Waals surface area contributed by atoms with Gasteiger partial charge in [-0.2, -0.15) is 0 Å². The van der Waals surface area contributed by atoms with Gasteiger partial charge in [-0.25, -0.2) is 9.79 Å². The van der Waals surface area contributed by atoms with Gasteiger partial charge in [0, 0.05) is 5.56 Å². The number of nitrogens with zero attached hydrogens (tertiary/aromatic N) is 2. The van der Waals surface area contributed by atoms with Gasteiger partial charge in [-0.3, -0.25) is 9.36 Å². The van der Waals surface area contributed by atoms with Crippen molar-refractivity contribution in [2.75, 3.05) is 20.3 Å². The minimum atomic E-state index is -0.776. The third-order valence-electron chi connectivity index (χ3n) is 6.78. The number of thiazole rings is 1. The van der Waals surface area contributed by atoms with Crippen LogP contribution >= 0.6 is 27.3 Å². The third-order valence-corrected chi connectivity index (χ3v) is 8.36. The minimum Gasteiger partial charge on any atom is -0.494 e. The highest BCUT2D eigenvalue weighted by Gasteiger charge is 2.35. The van der Waals surface area contributed by atoms with Gasteiger partial charge in [0.15, 0.2) is 16.3 Å². The molecule has 5 rings (SSSR count). The van der Waals surface area contributed by atoms with Crippen molar-refractivity contribution in [3.05, 3.63) is 113 Å². The van der Waals surface area contributed by atoms with Crippen LogP contribution in [0, 0.1) is 0 Å². The van der Waals surface area contributed by atoms with E-state index in [1.54, 1.807) is 24.7 Å². The summed E-state index contributed by atoms with van der Waals surface area (Å²) in [7, 11) is 1.57. The van der Waals surface area contributed by atoms with E-state index in [0.717, 1.165) is 16.7 Å². The van der Waals surface area contributed by atoms with E-state index in [-0.39, 0.29) is 18.3 Å². The van der Waals surface area contributed by atoms with Crippen LogP contribution in [0.3, 0.4) is 0 Å². The van der Waals surface area contributed by atoms with E-state index in [1.807, 2.05) is 87.5 Å². The molecule has 0 bridgehead atoms. The van der Waals surface area contributed by atoms with E-state index >= 15 is 0 Å². The van der Waals surface area contributed by atoms with Crippen molar-refractivity contribution in [3.8, 4) is 17.2 Å². The molecule has 1 aromatic heterocycles. The number of aromatic nitrogens is 1. The summed E-state index contributed by atoms with van der Waals surface area (Å²) in [4.78, 5) is 33.2. The molecule has 0 spiro atoms. The first-order valence-electron chi connectivity index (χ1n) is 14.3. The lowest BCUT2D eigenvalue weighted by atomic mass is 9.93. The molecule has 0 saturated carbocycles. The van der Waals surface area contributed by atoms with Gasteiger partial charge in [-0.05, 0) is 85.1 Å². The molecule has 0 unspecified atom stereocenters. The van der Waals surface area contributed by atoms with Crippen LogP contribution in [0.15, 0.2) is 86.6 Å². The Balaban J connectivity index is 1.76. The fourth-order valence-electron chi connectivity index (χ4n) is 4.99. The van der Waals surface area contributed by atoms with Crippen LogP contribution in [0.2, 0.25) is 0 Å². The van der Waals surface area contributed by atoms with Gasteiger partial charge in [0.25, 0.3) is 5.56 Å². The zero-order chi connectivity index (χ0) is 31.4. The number of esters is 1. The Hall–Kier alpha value is -4.15. The molecule has 1 aliphatic heterocycles. The van der Waals surface area contributed by atoms with Crippen LogP contribution in [0.1, 0.15) is 50.4 Å². The maximum atomic E-state index is 14.2. The molecular formula is C34H33BrN2O6S. The quantitative estimate of drug-likeness (QED) is 0.195. The second-order valence-corrected chi connectivity index (χ2v) is 12.0. The van der Waals surface area contributed by atoms with Gasteiger partial charge in [-0.1, -0.05) is 53.8 Å². The van der Waals surface area contributed by atoms with Crippen molar-refractivity contribution in [1.82, 2.24) is 4.57 Å². The van der Waals surface area contributed by atoms with Crippen molar-refractivity contribution >= 4 is 45.0 Å². The van der Waals surface area contributed by atoms with E-state index < -0.39 is 12.0 Å². The van der Waals surface area contributed by atoms with Crippen molar-refractivity contribution < 1.29 is 23.7 Å². The Morgan fingerprint density at radius 2 is 1.80 bits per heavy atom. The second-order valence-electron chi connectivity index (χ2n) is 10.1. The normalized spacial score (nSPS) is 14.7. The summed E-state index contributed by atoms with van der Waals surface area (Å²) in [5.41, 5.74) is 2.70. The van der Waals surface area contributed by atoms with Crippen molar-refractivity contribution in [1.29, 1.82) is 0 Å². The predicted molar refractivity (Wildman–Crippen MR) is 175 cm³/mol. The van der Waals surface area contributed by atoms with Gasteiger partial charge in [-0.15, -0.1) is 0 Å². The van der Waals surface area contributed by atoms with E-state index in [0.29, 0.717) is 48.9 Å². The smallest absolute Gasteiger partial charge is 0.338 e. The number of halogens is 1. The summed E-state index contributed by atoms with van der Waals surface area (Å²) in [5, 5.41) is 0. The van der Waals surface area contributed by atoms with Crippen molar-refractivity contribution in [3.63, 3.8) is 0 Å². The number of rotatable bonds is 10. The molecule has 0 aliphatic carbocycles. The Bertz CT molecular complexity index is 1880. The zero-order valence-electron chi connectivity index (χ0n) is 25.1. The average Bonchev–Trinajstić information content (AvgIpc) is 3.32. The molecule has 4 aromatic rings. The Morgan fingerprint density at radius 3 is 2.43 bits per heavy atom. The van der Waals surface area contributed by atoms with Crippen LogP contribution in [-0.2, 0) is 9.53 Å². The predicted octanol–water partition coefficient (Wildman–Crippen LogP) is 5.89. The summed E-state index contributed by atoms with van der Waals surface area (Å²) in [6.07, 6.45) is 1.74. The molecule has 8 nitrogen and oxygen atoms in total. The van der Waals surface area contributed by atoms with Gasteiger partial charge in [0.1, 0.15) is 5.75 Å². The van der Waals surface area contributed by atoms with Gasteiger partial charge < -0.3 is 18.9 Å². The van der Waals surface area contributed by atoms with E-state index in [2.05, 4.69) is 15.9 Å². The molecule has 0 N–H and O–H groups in total. The maximum Gasteiger partial charge on any atom is 0.338 e. The molecule has 0 amide bonds. The van der Waals surface area contributed by atoms with E-state index in [1.165, 1.54) is 11.3 Å². The lowest BCUT2D eigenvalue weighted by Crippen LogP contribution is -2.40. The van der Waals surface area contributed by atoms with Crippen LogP contribution in [0.5, 0.6) is 17.2 Å². The summed E-state index contributed by atoms with van der Waals surface area (Å²) >= 11 is 4.85. The van der Waals surface area contributed by atoms with E-state index in [9.17, 15) is 9.59 Å². The number of methoxy groups -OCH3 is 1. The molecule has 10 heteroatoms. The number of carbonyl (C=O) groups is 1. The van der Waals surface area contributed by atoms with Crippen molar-refractivity contribution in [2.24, 2.45) is 4.99 Å². The maximum absolute atomic E-state index is 14.2. The molecule has 44 heavy (non-hydrogen) atoms. The number of carbonyl (C=O) groups excluding carboxylic acids is 1. The van der Waals surface area contributed by atoms with Crippen LogP contribution in [0.25, 0.3) is 11.8 Å². The Labute approximate surface area is 268 Å². The zero-order valence-corrected chi connectivity index (χ0v) is 27.5. The highest BCUT2D eigenvalue weighted by molar-refractivity contribution is 9.10. The second kappa shape index (κ2) is 13.7. The molecule has 0 radical (unpaired) electrons. The molecule has 0 saturated heterocycles. The number of ether oxygens (including phenoxy) is 4. The monoisotopic (exact) mass is 676 g/mol. The first-order valence-corrected chi connectivity index (χ1v) is 15.9. The van der Waals surface area contributed by atoms with Gasteiger partial charge in [0.05, 0.1) is 52.7 Å². The molecule has 228 valence electrons. The number of hydrogen-bond donors (Lipinski definition) is 0. The standard InChI is InChI=1S/C34H33BrN2O6S/c1-6-41-24-15-13-23(14-16-24)30-28(33(39)42-7-2)29(22-11-9-8-10-12-22)36-34-37(30)32(38)27(44-34)19-21-17-25(35)31(43-20(3)4)26(18-21)40-5/h8-20,30H,6-7H2,1-5H3/b27-19-/t30-/m1/s1. The summed E-state index contributed by atoms with van der Waals surface area (Å²) in [5.74, 6) is 1.29. The number of hydrogen-bond acceptors (Lipinski definition) is 8. The molecule has 1 atom stereocenters. The van der Waals surface area contributed by atoms with E-state index in [4.69, 9.17) is 23.9 Å². The lowest BCUT2D eigenvalue weighted by molar-refractivity contribution is -0.138. The first kappa shape index (κ1) is 31.3. The minimum absolute atomic E-state index is 0.0512. The van der Waals surface area contributed by atoms with Crippen LogP contribution in [0.4, 0.5) is 0 Å². The Kier molecular flexibility index (Phi) is 9.71. The van der Waals surface area contributed by atoms with Gasteiger partial charge in [0.2, 0.25) is 0 Å². The topological polar surface area (TPSA) is 88.4 Å². The largest absolute Gasteiger partial charge is 0.494 e. The average molecular weight is 678 g/mol. The molecule has 1 aliphatic rings. The van der Waals surface area contributed by atoms with Crippen LogP contribution in [-0.4, -0.2) is 37.0 Å². The highest BCUT2D eigenvalue weighted by atomic mass is 79.9. The number of benzene rings is 3. The van der Waals surface area contributed by atoms with Crippen molar-refractivity contribution in [2.45, 2.75) is 39.8 Å². The fourth-order valence-corrected chi connectivity index (χ4v) is 6.55. The molecule has 0 fully saturated rings. The molecule has 2 heterocycles. The van der Waals surface area contributed by atoms with Gasteiger partial charge >= 0.3 is 5.97 Å². The van der Waals surface area contributed by atoms with Crippen LogP contribution < -0.4 is 29.1 Å². The fraction of sp³-hybridized carbons (Fsp3) is 0.265. The summed E-state index contributed by atoms with van der Waals surface area (Å²) in [6.45, 7) is 8.25. The summed E-state index contributed by atoms with van der Waals surface area (Å²) < 4.78 is 25.5. The third kappa shape index (κ3) is 6.37.